The molecule has 0 radical (unpaired) electrons. The van der Waals surface area contributed by atoms with Crippen LogP contribution in [0.1, 0.15) is 66.2 Å². The van der Waals surface area contributed by atoms with Crippen LogP contribution in [0.4, 0.5) is 0 Å². The molecule has 0 aliphatic carbocycles. The zero-order valence-corrected chi connectivity index (χ0v) is 16.5. The largest absolute Gasteiger partial charge is 0.480 e. The van der Waals surface area contributed by atoms with Gasteiger partial charge < -0.3 is 21.7 Å². The lowest BCUT2D eigenvalue weighted by molar-refractivity contribution is -0.144. The van der Waals surface area contributed by atoms with E-state index in [0.717, 1.165) is 0 Å². The monoisotopic (exact) mass is 376 g/mol. The van der Waals surface area contributed by atoms with Crippen molar-refractivity contribution in [3.8, 4) is 0 Å². The minimum atomic E-state index is -1.46. The molecule has 0 fully saturated rings. The van der Waals surface area contributed by atoms with Crippen LogP contribution in [-0.2, 0) is 9.59 Å². The summed E-state index contributed by atoms with van der Waals surface area (Å²) in [6.07, 6.45) is 3.45. The summed E-state index contributed by atoms with van der Waals surface area (Å²) in [6.45, 7) is 7.97. The lowest BCUT2D eigenvalue weighted by Crippen LogP contribution is -2.49. The fourth-order valence-corrected chi connectivity index (χ4v) is 2.64. The summed E-state index contributed by atoms with van der Waals surface area (Å²) in [6, 6.07) is 0. The highest BCUT2D eigenvalue weighted by molar-refractivity contribution is 6.29. The van der Waals surface area contributed by atoms with Gasteiger partial charge >= 0.3 is 11.9 Å². The number of carbonyl (C=O) groups is 2. The molecule has 2 unspecified atom stereocenters. The fraction of sp³-hybridized carbons (Fsp3) is 0.778. The Kier molecular flexibility index (Phi) is 9.69. The molecule has 0 spiro atoms. The molecule has 0 saturated heterocycles. The van der Waals surface area contributed by atoms with Gasteiger partial charge in [-0.3, -0.25) is 9.59 Å². The van der Waals surface area contributed by atoms with E-state index in [1.165, 1.54) is 6.08 Å². The molecule has 0 aliphatic rings. The van der Waals surface area contributed by atoms with Gasteiger partial charge in [-0.1, -0.05) is 45.4 Å². The van der Waals surface area contributed by atoms with Crippen LogP contribution in [0.15, 0.2) is 11.1 Å². The first-order valence-corrected chi connectivity index (χ1v) is 9.09. The van der Waals surface area contributed by atoms with Gasteiger partial charge in [-0.15, -0.1) is 0 Å². The number of rotatable bonds is 12. The molecule has 0 aromatic rings. The maximum atomic E-state index is 11.5. The van der Waals surface area contributed by atoms with E-state index in [9.17, 15) is 19.8 Å². The summed E-state index contributed by atoms with van der Waals surface area (Å²) in [5.74, 6) is -1.55. The van der Waals surface area contributed by atoms with Crippen LogP contribution in [-0.4, -0.2) is 33.2 Å². The second-order valence-electron chi connectivity index (χ2n) is 7.82. The van der Waals surface area contributed by atoms with Crippen LogP contribution in [0.2, 0.25) is 0 Å². The fourth-order valence-electron chi connectivity index (χ4n) is 2.33. The molecule has 0 heterocycles. The highest BCUT2D eigenvalue weighted by Crippen LogP contribution is 2.27. The molecule has 6 N–H and O–H groups in total. The van der Waals surface area contributed by atoms with Gasteiger partial charge in [0.05, 0.1) is 0 Å². The van der Waals surface area contributed by atoms with Crippen molar-refractivity contribution in [3.05, 3.63) is 11.1 Å². The summed E-state index contributed by atoms with van der Waals surface area (Å²) >= 11 is 6.17. The zero-order valence-electron chi connectivity index (χ0n) is 15.7. The molecular formula is C18H33ClN2O4. The second-order valence-corrected chi connectivity index (χ2v) is 8.30. The van der Waals surface area contributed by atoms with Crippen molar-refractivity contribution in [2.24, 2.45) is 23.3 Å². The minimum absolute atomic E-state index is 0.0355. The summed E-state index contributed by atoms with van der Waals surface area (Å²) in [7, 11) is 0. The van der Waals surface area contributed by atoms with Crippen molar-refractivity contribution in [2.75, 3.05) is 0 Å². The number of halogens is 1. The van der Waals surface area contributed by atoms with Crippen molar-refractivity contribution in [2.45, 2.75) is 77.3 Å². The summed E-state index contributed by atoms with van der Waals surface area (Å²) in [5.41, 5.74) is 9.15. The second kappa shape index (κ2) is 10.1. The molecule has 0 bridgehead atoms. The number of aliphatic carboxylic acids is 2. The van der Waals surface area contributed by atoms with Gasteiger partial charge in [-0.25, -0.2) is 0 Å². The predicted molar refractivity (Wildman–Crippen MR) is 100 cm³/mol. The molecule has 2 atom stereocenters. The standard InChI is InChI=1S/C18H33ClN2O4/c1-12(2)5-8-17(20,15(22)23)10-7-14(19)11-18(21,16(24)25)9-6-13(3)4/h7,12-13H,5-6,8-11,20-21H2,1-4H3,(H,22,23)(H,24,25). The number of hydrogen-bond donors (Lipinski definition) is 4. The van der Waals surface area contributed by atoms with Gasteiger partial charge in [0.15, 0.2) is 0 Å². The molecule has 25 heavy (non-hydrogen) atoms. The van der Waals surface area contributed by atoms with Gasteiger partial charge in [-0.2, -0.15) is 0 Å². The van der Waals surface area contributed by atoms with E-state index >= 15 is 0 Å². The first kappa shape index (κ1) is 23.9. The van der Waals surface area contributed by atoms with E-state index in [0.29, 0.717) is 37.5 Å². The Morgan fingerprint density at radius 3 is 1.72 bits per heavy atom. The average Bonchev–Trinajstić information content (AvgIpc) is 2.48. The maximum Gasteiger partial charge on any atom is 0.324 e. The molecule has 0 amide bonds. The lowest BCUT2D eigenvalue weighted by Gasteiger charge is -2.27. The molecule has 6 nitrogen and oxygen atoms in total. The number of carboxylic acid groups (broad SMARTS) is 2. The smallest absolute Gasteiger partial charge is 0.324 e. The van der Waals surface area contributed by atoms with Crippen LogP contribution < -0.4 is 11.5 Å². The molecule has 0 aromatic heterocycles. The topological polar surface area (TPSA) is 127 Å². The van der Waals surface area contributed by atoms with Crippen LogP contribution in [0.5, 0.6) is 0 Å². The van der Waals surface area contributed by atoms with Crippen LogP contribution in [0.3, 0.4) is 0 Å². The third-order valence-corrected chi connectivity index (χ3v) is 4.65. The summed E-state index contributed by atoms with van der Waals surface area (Å²) in [5, 5.41) is 19.1. The van der Waals surface area contributed by atoms with Gasteiger partial charge in [0.1, 0.15) is 11.1 Å². The summed E-state index contributed by atoms with van der Waals surface area (Å²) < 4.78 is 0. The summed E-state index contributed by atoms with van der Waals surface area (Å²) in [4.78, 5) is 23.0. The zero-order chi connectivity index (χ0) is 19.8. The average molecular weight is 377 g/mol. The van der Waals surface area contributed by atoms with Crippen molar-refractivity contribution < 1.29 is 19.8 Å². The Morgan fingerprint density at radius 1 is 0.960 bits per heavy atom. The Balaban J connectivity index is 5.06. The van der Waals surface area contributed by atoms with E-state index in [1.807, 2.05) is 27.7 Å². The van der Waals surface area contributed by atoms with Crippen molar-refractivity contribution in [1.29, 1.82) is 0 Å². The molecule has 0 saturated carbocycles. The van der Waals surface area contributed by atoms with Gasteiger partial charge in [0, 0.05) is 11.5 Å². The number of hydrogen-bond acceptors (Lipinski definition) is 4. The van der Waals surface area contributed by atoms with Gasteiger partial charge in [0.2, 0.25) is 0 Å². The highest BCUT2D eigenvalue weighted by atomic mass is 35.5. The molecular weight excluding hydrogens is 344 g/mol. The highest BCUT2D eigenvalue weighted by Gasteiger charge is 2.36. The van der Waals surface area contributed by atoms with E-state index in [1.54, 1.807) is 0 Å². The normalized spacial score (nSPS) is 17.4. The third kappa shape index (κ3) is 8.70. The first-order chi connectivity index (χ1) is 11.3. The predicted octanol–water partition coefficient (Wildman–Crippen LogP) is 3.33. The molecule has 0 aliphatic heterocycles. The maximum absolute atomic E-state index is 11.5. The quantitative estimate of drug-likeness (QED) is 0.413. The van der Waals surface area contributed by atoms with Crippen molar-refractivity contribution in [3.63, 3.8) is 0 Å². The number of nitrogens with two attached hydrogens (primary N) is 2. The SMILES string of the molecule is CC(C)CCC(N)(CC=C(Cl)CC(N)(CCC(C)C)C(=O)O)C(=O)O. The molecule has 146 valence electrons. The van der Waals surface area contributed by atoms with Crippen LogP contribution in [0.25, 0.3) is 0 Å². The Morgan fingerprint density at radius 2 is 1.36 bits per heavy atom. The first-order valence-electron chi connectivity index (χ1n) is 8.71. The Bertz CT molecular complexity index is 493. The van der Waals surface area contributed by atoms with Crippen molar-refractivity contribution in [1.82, 2.24) is 0 Å². The Labute approximate surface area is 155 Å². The molecule has 0 aromatic carbocycles. The van der Waals surface area contributed by atoms with Gasteiger partial charge in [0.25, 0.3) is 0 Å². The minimum Gasteiger partial charge on any atom is -0.480 e. The van der Waals surface area contributed by atoms with E-state index < -0.39 is 23.0 Å². The van der Waals surface area contributed by atoms with Gasteiger partial charge in [-0.05, 0) is 43.9 Å². The van der Waals surface area contributed by atoms with E-state index in [-0.39, 0.29) is 17.9 Å². The third-order valence-electron chi connectivity index (χ3n) is 4.36. The number of carboxylic acids is 2. The van der Waals surface area contributed by atoms with Crippen molar-refractivity contribution >= 4 is 23.5 Å². The van der Waals surface area contributed by atoms with Crippen LogP contribution >= 0.6 is 11.6 Å². The molecule has 7 heteroatoms. The molecule has 0 rings (SSSR count). The Hall–Kier alpha value is -1.11. The van der Waals surface area contributed by atoms with Crippen LogP contribution in [0, 0.1) is 11.8 Å². The lowest BCUT2D eigenvalue weighted by atomic mass is 9.86. The van der Waals surface area contributed by atoms with E-state index in [4.69, 9.17) is 23.1 Å². The van der Waals surface area contributed by atoms with E-state index in [2.05, 4.69) is 0 Å².